The molecule has 3 aromatic rings. The van der Waals surface area contributed by atoms with Gasteiger partial charge in [0.25, 0.3) is 0 Å². The normalized spacial score (nSPS) is 10.8. The Morgan fingerprint density at radius 2 is 2.05 bits per heavy atom. The van der Waals surface area contributed by atoms with Gasteiger partial charge in [0.2, 0.25) is 0 Å². The maximum atomic E-state index is 5.97. The molecule has 0 aliphatic heterocycles. The summed E-state index contributed by atoms with van der Waals surface area (Å²) in [4.78, 5) is 4.22. The number of hydrogen-bond donors (Lipinski definition) is 1. The van der Waals surface area contributed by atoms with Gasteiger partial charge in [-0.25, -0.2) is 4.98 Å². The molecule has 0 aliphatic carbocycles. The van der Waals surface area contributed by atoms with Crippen molar-refractivity contribution in [3.63, 3.8) is 0 Å². The highest BCUT2D eigenvalue weighted by atomic mass is 35.5. The number of aromatic nitrogens is 3. The number of nitrogens with two attached hydrogens (primary N) is 1. The topological polar surface area (TPSA) is 56.7 Å². The molecule has 0 bridgehead atoms. The van der Waals surface area contributed by atoms with E-state index in [0.29, 0.717) is 12.2 Å². The summed E-state index contributed by atoms with van der Waals surface area (Å²) in [5.41, 5.74) is 8.48. The first-order chi connectivity index (χ1) is 9.22. The van der Waals surface area contributed by atoms with Crippen molar-refractivity contribution in [2.45, 2.75) is 6.54 Å². The molecule has 0 spiro atoms. The van der Waals surface area contributed by atoms with E-state index < -0.39 is 0 Å². The van der Waals surface area contributed by atoms with Crippen LogP contribution >= 0.6 is 22.9 Å². The van der Waals surface area contributed by atoms with Crippen molar-refractivity contribution in [1.82, 2.24) is 14.8 Å². The molecule has 96 valence electrons. The number of anilines is 1. The minimum Gasteiger partial charge on any atom is -0.396 e. The van der Waals surface area contributed by atoms with Crippen LogP contribution < -0.4 is 5.73 Å². The Labute approximate surface area is 119 Å². The largest absolute Gasteiger partial charge is 0.396 e. The van der Waals surface area contributed by atoms with Crippen LogP contribution in [0.3, 0.4) is 0 Å². The van der Waals surface area contributed by atoms with E-state index in [1.807, 2.05) is 40.5 Å². The number of thiazole rings is 1. The summed E-state index contributed by atoms with van der Waals surface area (Å²) in [5, 5.41) is 7.96. The molecular formula is C13H11ClN4S. The molecule has 0 unspecified atom stereocenters. The standard InChI is InChI=1S/C13H11ClN4S/c14-10-3-1-9(2-4-10)7-18-8-11(15)12(17-18)13-16-5-6-19-13/h1-6,8H,7,15H2. The fourth-order valence-electron chi connectivity index (χ4n) is 1.80. The van der Waals surface area contributed by atoms with Crippen molar-refractivity contribution in [3.05, 3.63) is 52.6 Å². The molecule has 0 aliphatic rings. The van der Waals surface area contributed by atoms with Crippen molar-refractivity contribution in [2.24, 2.45) is 0 Å². The van der Waals surface area contributed by atoms with E-state index in [1.165, 1.54) is 11.3 Å². The molecule has 0 saturated heterocycles. The van der Waals surface area contributed by atoms with Crippen LogP contribution in [0.15, 0.2) is 42.0 Å². The zero-order valence-corrected chi connectivity index (χ0v) is 11.5. The Balaban J connectivity index is 1.87. The Morgan fingerprint density at radius 3 is 2.74 bits per heavy atom. The van der Waals surface area contributed by atoms with Gasteiger partial charge in [0.15, 0.2) is 0 Å². The van der Waals surface area contributed by atoms with E-state index in [9.17, 15) is 0 Å². The van der Waals surface area contributed by atoms with Gasteiger partial charge in [0.1, 0.15) is 10.7 Å². The third-order valence-corrected chi connectivity index (χ3v) is 3.71. The highest BCUT2D eigenvalue weighted by Gasteiger charge is 2.10. The van der Waals surface area contributed by atoms with Crippen LogP contribution in [-0.4, -0.2) is 14.8 Å². The fourth-order valence-corrected chi connectivity index (χ4v) is 2.57. The van der Waals surface area contributed by atoms with Gasteiger partial charge in [-0.2, -0.15) is 5.10 Å². The van der Waals surface area contributed by atoms with Crippen molar-refractivity contribution >= 4 is 28.6 Å². The lowest BCUT2D eigenvalue weighted by Crippen LogP contribution is -2.00. The number of rotatable bonds is 3. The van der Waals surface area contributed by atoms with E-state index in [0.717, 1.165) is 21.3 Å². The lowest BCUT2D eigenvalue weighted by Gasteiger charge is -2.01. The van der Waals surface area contributed by atoms with Crippen LogP contribution in [0, 0.1) is 0 Å². The molecular weight excluding hydrogens is 280 g/mol. The minimum absolute atomic E-state index is 0.643. The molecule has 0 saturated carbocycles. The highest BCUT2D eigenvalue weighted by molar-refractivity contribution is 7.13. The fraction of sp³-hybridized carbons (Fsp3) is 0.0769. The van der Waals surface area contributed by atoms with E-state index in [4.69, 9.17) is 17.3 Å². The van der Waals surface area contributed by atoms with Crippen LogP contribution in [0.2, 0.25) is 5.02 Å². The van der Waals surface area contributed by atoms with Gasteiger partial charge in [0.05, 0.1) is 12.2 Å². The molecule has 6 heteroatoms. The monoisotopic (exact) mass is 290 g/mol. The number of nitrogens with zero attached hydrogens (tertiary/aromatic N) is 3. The SMILES string of the molecule is Nc1cn(Cc2ccc(Cl)cc2)nc1-c1nccs1. The molecule has 0 amide bonds. The highest BCUT2D eigenvalue weighted by Crippen LogP contribution is 2.25. The van der Waals surface area contributed by atoms with Crippen LogP contribution in [-0.2, 0) is 6.54 Å². The summed E-state index contributed by atoms with van der Waals surface area (Å²) in [6.07, 6.45) is 3.57. The summed E-state index contributed by atoms with van der Waals surface area (Å²) in [7, 11) is 0. The van der Waals surface area contributed by atoms with Gasteiger partial charge in [-0.3, -0.25) is 4.68 Å². The summed E-state index contributed by atoms with van der Waals surface area (Å²) in [5.74, 6) is 0. The predicted molar refractivity (Wildman–Crippen MR) is 78.3 cm³/mol. The molecule has 19 heavy (non-hydrogen) atoms. The third kappa shape index (κ3) is 2.62. The first-order valence-corrected chi connectivity index (χ1v) is 6.95. The van der Waals surface area contributed by atoms with E-state index >= 15 is 0 Å². The molecule has 0 fully saturated rings. The molecule has 1 aromatic carbocycles. The second-order valence-electron chi connectivity index (χ2n) is 4.09. The van der Waals surface area contributed by atoms with Gasteiger partial charge in [0, 0.05) is 22.8 Å². The van der Waals surface area contributed by atoms with Crippen molar-refractivity contribution in [3.8, 4) is 10.7 Å². The van der Waals surface area contributed by atoms with Gasteiger partial charge >= 0.3 is 0 Å². The summed E-state index contributed by atoms with van der Waals surface area (Å²) in [6.45, 7) is 0.659. The van der Waals surface area contributed by atoms with Crippen LogP contribution in [0.4, 0.5) is 5.69 Å². The zero-order chi connectivity index (χ0) is 13.2. The number of hydrogen-bond acceptors (Lipinski definition) is 4. The van der Waals surface area contributed by atoms with Gasteiger partial charge in [-0.1, -0.05) is 23.7 Å². The Morgan fingerprint density at radius 1 is 1.26 bits per heavy atom. The summed E-state index contributed by atoms with van der Waals surface area (Å²) < 4.78 is 1.81. The average molecular weight is 291 g/mol. The molecule has 2 aromatic heterocycles. The second kappa shape index (κ2) is 5.03. The third-order valence-electron chi connectivity index (χ3n) is 2.68. The van der Waals surface area contributed by atoms with Crippen LogP contribution in [0.1, 0.15) is 5.56 Å². The van der Waals surface area contributed by atoms with Gasteiger partial charge in [-0.15, -0.1) is 11.3 Å². The molecule has 2 N–H and O–H groups in total. The van der Waals surface area contributed by atoms with Crippen molar-refractivity contribution in [1.29, 1.82) is 0 Å². The number of nitrogen functional groups attached to an aromatic ring is 1. The van der Waals surface area contributed by atoms with Crippen molar-refractivity contribution in [2.75, 3.05) is 5.73 Å². The maximum absolute atomic E-state index is 5.97. The Kier molecular flexibility index (Phi) is 3.23. The zero-order valence-electron chi connectivity index (χ0n) is 9.95. The van der Waals surface area contributed by atoms with E-state index in [1.54, 1.807) is 6.20 Å². The molecule has 2 heterocycles. The van der Waals surface area contributed by atoms with E-state index in [2.05, 4.69) is 10.1 Å². The average Bonchev–Trinajstić information content (AvgIpc) is 3.01. The van der Waals surface area contributed by atoms with E-state index in [-0.39, 0.29) is 0 Å². The smallest absolute Gasteiger partial charge is 0.145 e. The first-order valence-electron chi connectivity index (χ1n) is 5.69. The lowest BCUT2D eigenvalue weighted by atomic mass is 10.2. The number of halogens is 1. The summed E-state index contributed by atoms with van der Waals surface area (Å²) in [6, 6.07) is 7.68. The van der Waals surface area contributed by atoms with Gasteiger partial charge < -0.3 is 5.73 Å². The number of benzene rings is 1. The Bertz CT molecular complexity index is 673. The van der Waals surface area contributed by atoms with Gasteiger partial charge in [-0.05, 0) is 17.7 Å². The maximum Gasteiger partial charge on any atom is 0.145 e. The van der Waals surface area contributed by atoms with Crippen LogP contribution in [0.5, 0.6) is 0 Å². The van der Waals surface area contributed by atoms with Crippen LogP contribution in [0.25, 0.3) is 10.7 Å². The second-order valence-corrected chi connectivity index (χ2v) is 5.43. The predicted octanol–water partition coefficient (Wildman–Crippen LogP) is 3.29. The first kappa shape index (κ1) is 12.2. The summed E-state index contributed by atoms with van der Waals surface area (Å²) >= 11 is 7.39. The molecule has 0 atom stereocenters. The Hall–Kier alpha value is -1.85. The molecule has 4 nitrogen and oxygen atoms in total. The lowest BCUT2D eigenvalue weighted by molar-refractivity contribution is 0.689. The minimum atomic E-state index is 0.643. The quantitative estimate of drug-likeness (QED) is 0.805. The van der Waals surface area contributed by atoms with Crippen molar-refractivity contribution < 1.29 is 0 Å². The molecule has 0 radical (unpaired) electrons. The molecule has 3 rings (SSSR count).